The second kappa shape index (κ2) is 9.62. The zero-order valence-electron chi connectivity index (χ0n) is 9.77. The molecule has 0 aliphatic carbocycles. The molecule has 0 aromatic heterocycles. The van der Waals surface area contributed by atoms with Gasteiger partial charge in [-0.3, -0.25) is 9.59 Å². The Morgan fingerprint density at radius 3 is 1.89 bits per heavy atom. The molecule has 0 amide bonds. The van der Waals surface area contributed by atoms with Crippen LogP contribution in [0, 0.1) is 0 Å². The van der Waals surface area contributed by atoms with Gasteiger partial charge in [0.15, 0.2) is 0 Å². The second-order valence-corrected chi connectivity index (χ2v) is 4.10. The molecule has 0 aliphatic rings. The molecular formula is C12H13Cl2NO3. The maximum atomic E-state index is 9.90. The number of hydrogen-bond acceptors (Lipinski definition) is 4. The Hall–Kier alpha value is -1.39. The Morgan fingerprint density at radius 2 is 1.56 bits per heavy atom. The Bertz CT molecular complexity index is 405. The van der Waals surface area contributed by atoms with Gasteiger partial charge in [0.2, 0.25) is 10.5 Å². The topological polar surface area (TPSA) is 66.7 Å². The van der Waals surface area contributed by atoms with Crippen LogP contribution in [-0.4, -0.2) is 21.4 Å². The van der Waals surface area contributed by atoms with Gasteiger partial charge in [-0.1, -0.05) is 35.5 Å². The average Bonchev–Trinajstić information content (AvgIpc) is 2.37. The summed E-state index contributed by atoms with van der Waals surface area (Å²) in [4.78, 5) is 19.8. The van der Waals surface area contributed by atoms with Gasteiger partial charge in [-0.05, 0) is 35.7 Å². The van der Waals surface area contributed by atoms with E-state index in [4.69, 9.17) is 28.4 Å². The summed E-state index contributed by atoms with van der Waals surface area (Å²) >= 11 is 9.74. The van der Waals surface area contributed by atoms with E-state index in [1.54, 1.807) is 6.92 Å². The first-order chi connectivity index (χ1) is 8.47. The predicted octanol–water partition coefficient (Wildman–Crippen LogP) is 3.18. The number of hydrogen-bond donors (Lipinski definition) is 1. The van der Waals surface area contributed by atoms with Gasteiger partial charge >= 0.3 is 0 Å². The molecule has 18 heavy (non-hydrogen) atoms. The Balaban J connectivity index is 0.000000331. The summed E-state index contributed by atoms with van der Waals surface area (Å²) in [6.07, 6.45) is 0.0633. The zero-order chi connectivity index (χ0) is 14.0. The Kier molecular flexibility index (Phi) is 8.88. The second-order valence-electron chi connectivity index (χ2n) is 3.26. The van der Waals surface area contributed by atoms with Crippen LogP contribution in [0.15, 0.2) is 35.5 Å². The van der Waals surface area contributed by atoms with E-state index >= 15 is 0 Å². The van der Waals surface area contributed by atoms with Crippen molar-refractivity contribution in [3.8, 4) is 0 Å². The maximum Gasteiger partial charge on any atom is 0.222 e. The summed E-state index contributed by atoms with van der Waals surface area (Å²) in [5.41, 5.74) is 1.59. The summed E-state index contributed by atoms with van der Waals surface area (Å²) in [5, 5.41) is 10.4. The molecule has 0 aliphatic heterocycles. The third kappa shape index (κ3) is 8.73. The molecule has 0 radical (unpaired) electrons. The van der Waals surface area contributed by atoms with E-state index in [1.165, 1.54) is 0 Å². The number of oxime groups is 1. The van der Waals surface area contributed by atoms with Crippen LogP contribution in [0.2, 0.25) is 0 Å². The fourth-order valence-corrected chi connectivity index (χ4v) is 1.12. The van der Waals surface area contributed by atoms with Crippen LogP contribution >= 0.6 is 23.2 Å². The third-order valence-corrected chi connectivity index (χ3v) is 2.24. The maximum absolute atomic E-state index is 9.90. The summed E-state index contributed by atoms with van der Waals surface area (Å²) in [7, 11) is 0. The first kappa shape index (κ1) is 16.6. The highest BCUT2D eigenvalue weighted by Crippen LogP contribution is 1.99. The summed E-state index contributed by atoms with van der Waals surface area (Å²) in [6, 6.07) is 9.53. The van der Waals surface area contributed by atoms with Gasteiger partial charge in [-0.25, -0.2) is 0 Å². The first-order valence-corrected chi connectivity index (χ1v) is 5.83. The minimum Gasteiger partial charge on any atom is -0.411 e. The first-order valence-electron chi connectivity index (χ1n) is 5.08. The molecular weight excluding hydrogens is 277 g/mol. The van der Waals surface area contributed by atoms with Crippen molar-refractivity contribution in [2.24, 2.45) is 5.16 Å². The summed E-state index contributed by atoms with van der Waals surface area (Å²) in [5.74, 6) is 0. The molecule has 1 N–H and O–H groups in total. The van der Waals surface area contributed by atoms with Gasteiger partial charge in [0.1, 0.15) is 0 Å². The third-order valence-electron chi connectivity index (χ3n) is 1.86. The number of rotatable bonds is 4. The largest absolute Gasteiger partial charge is 0.411 e. The minimum absolute atomic E-state index is 0.0316. The van der Waals surface area contributed by atoms with Crippen LogP contribution in [0.25, 0.3) is 0 Å². The number of halogens is 2. The fourth-order valence-electron chi connectivity index (χ4n) is 0.934. The number of carbonyl (C=O) groups excluding carboxylic acids is 2. The van der Waals surface area contributed by atoms with Crippen molar-refractivity contribution < 1.29 is 14.8 Å². The van der Waals surface area contributed by atoms with Gasteiger partial charge in [-0.15, -0.1) is 0 Å². The molecule has 0 spiro atoms. The van der Waals surface area contributed by atoms with E-state index in [1.807, 2.05) is 30.3 Å². The lowest BCUT2D eigenvalue weighted by atomic mass is 10.1. The number of benzene rings is 1. The van der Waals surface area contributed by atoms with Gasteiger partial charge < -0.3 is 5.21 Å². The molecule has 1 aromatic rings. The molecule has 4 nitrogen and oxygen atoms in total. The summed E-state index contributed by atoms with van der Waals surface area (Å²) < 4.78 is 0. The lowest BCUT2D eigenvalue weighted by Crippen LogP contribution is -1.92. The van der Waals surface area contributed by atoms with Crippen LogP contribution < -0.4 is 0 Å². The molecule has 0 heterocycles. The smallest absolute Gasteiger partial charge is 0.222 e. The molecule has 0 saturated heterocycles. The van der Waals surface area contributed by atoms with Crippen LogP contribution in [0.4, 0.5) is 0 Å². The molecule has 0 fully saturated rings. The summed E-state index contributed by atoms with van der Waals surface area (Å²) in [6.45, 7) is 1.76. The van der Waals surface area contributed by atoms with Gasteiger partial charge in [0.05, 0.1) is 5.71 Å². The molecule has 0 atom stereocenters. The van der Waals surface area contributed by atoms with E-state index in [0.717, 1.165) is 5.56 Å². The van der Waals surface area contributed by atoms with Gasteiger partial charge in [0.25, 0.3) is 0 Å². The zero-order valence-corrected chi connectivity index (χ0v) is 11.3. The van der Waals surface area contributed by atoms with Crippen molar-refractivity contribution >= 4 is 39.4 Å². The quantitative estimate of drug-likeness (QED) is 0.401. The van der Waals surface area contributed by atoms with Gasteiger partial charge in [0, 0.05) is 12.8 Å². The molecule has 0 bridgehead atoms. The minimum atomic E-state index is -0.529. The van der Waals surface area contributed by atoms with Crippen molar-refractivity contribution in [1.29, 1.82) is 0 Å². The number of carbonyl (C=O) groups is 2. The normalized spacial score (nSPS) is 10.3. The van der Waals surface area contributed by atoms with Crippen LogP contribution in [0.5, 0.6) is 0 Å². The highest BCUT2D eigenvalue weighted by molar-refractivity contribution is 6.65. The van der Waals surface area contributed by atoms with E-state index in [2.05, 4.69) is 5.16 Å². The monoisotopic (exact) mass is 289 g/mol. The Morgan fingerprint density at radius 1 is 1.11 bits per heavy atom. The molecule has 1 aromatic carbocycles. The highest BCUT2D eigenvalue weighted by Gasteiger charge is 1.99. The highest BCUT2D eigenvalue weighted by atomic mass is 35.5. The molecule has 6 heteroatoms. The number of nitrogens with zero attached hydrogens (tertiary/aromatic N) is 1. The van der Waals surface area contributed by atoms with E-state index < -0.39 is 10.5 Å². The van der Waals surface area contributed by atoms with Crippen molar-refractivity contribution in [2.45, 2.75) is 19.8 Å². The molecule has 0 unspecified atom stereocenters. The molecule has 0 saturated carbocycles. The van der Waals surface area contributed by atoms with Crippen LogP contribution in [0.1, 0.15) is 25.3 Å². The van der Waals surface area contributed by atoms with E-state index in [-0.39, 0.29) is 12.8 Å². The van der Waals surface area contributed by atoms with Crippen LogP contribution in [0.3, 0.4) is 0 Å². The van der Waals surface area contributed by atoms with Crippen molar-refractivity contribution in [2.75, 3.05) is 0 Å². The van der Waals surface area contributed by atoms with E-state index in [9.17, 15) is 9.59 Å². The SMILES string of the molecule is CC(=NO)c1ccccc1.O=C(Cl)CCC(=O)Cl. The molecule has 98 valence electrons. The van der Waals surface area contributed by atoms with Crippen LogP contribution in [-0.2, 0) is 9.59 Å². The molecule has 1 rings (SSSR count). The van der Waals surface area contributed by atoms with E-state index in [0.29, 0.717) is 5.71 Å². The standard InChI is InChI=1S/C8H9NO.C4H4Cl2O2/c1-7(9-10)8-5-3-2-4-6-8;5-3(7)1-2-4(6)8/h2-6,10H,1H3;1-2H2. The lowest BCUT2D eigenvalue weighted by Gasteiger charge is -1.94. The predicted molar refractivity (Wildman–Crippen MR) is 71.4 cm³/mol. The van der Waals surface area contributed by atoms with Crippen molar-refractivity contribution in [3.05, 3.63) is 35.9 Å². The van der Waals surface area contributed by atoms with Gasteiger partial charge in [-0.2, -0.15) is 0 Å². The lowest BCUT2D eigenvalue weighted by molar-refractivity contribution is -0.116. The Labute approximate surface area is 115 Å². The fraction of sp³-hybridized carbons (Fsp3) is 0.250. The van der Waals surface area contributed by atoms with Crippen molar-refractivity contribution in [1.82, 2.24) is 0 Å². The average molecular weight is 290 g/mol. The van der Waals surface area contributed by atoms with Crippen molar-refractivity contribution in [3.63, 3.8) is 0 Å².